The fraction of sp³-hybridized carbons (Fsp3) is 0.440. The number of benzene rings is 1. The summed E-state index contributed by atoms with van der Waals surface area (Å²) in [4.78, 5) is 11.7. The van der Waals surface area contributed by atoms with Crippen LogP contribution in [0.3, 0.4) is 0 Å². The molecule has 0 saturated carbocycles. The summed E-state index contributed by atoms with van der Waals surface area (Å²) in [6, 6.07) is 11.5. The van der Waals surface area contributed by atoms with Crippen molar-refractivity contribution in [2.45, 2.75) is 38.0 Å². The molecule has 33 heavy (non-hydrogen) atoms. The number of carboxylic acids is 1. The number of aromatic nitrogens is 1. The van der Waals surface area contributed by atoms with Gasteiger partial charge >= 0.3 is 5.97 Å². The van der Waals surface area contributed by atoms with Crippen LogP contribution in [0, 0.1) is 5.92 Å². The zero-order chi connectivity index (χ0) is 22.9. The van der Waals surface area contributed by atoms with Gasteiger partial charge in [0.25, 0.3) is 5.88 Å². The lowest BCUT2D eigenvalue weighted by Crippen LogP contribution is -2.21. The molecule has 8 nitrogen and oxygen atoms in total. The minimum atomic E-state index is -0.892. The molecule has 0 aliphatic carbocycles. The van der Waals surface area contributed by atoms with Gasteiger partial charge in [0.15, 0.2) is 5.76 Å². The molecule has 0 saturated heterocycles. The van der Waals surface area contributed by atoms with E-state index < -0.39 is 11.9 Å². The fourth-order valence-corrected chi connectivity index (χ4v) is 4.22. The van der Waals surface area contributed by atoms with Gasteiger partial charge in [0.05, 0.1) is 25.7 Å². The van der Waals surface area contributed by atoms with Crippen molar-refractivity contribution in [1.82, 2.24) is 5.16 Å². The van der Waals surface area contributed by atoms with Gasteiger partial charge in [0.1, 0.15) is 12.0 Å². The molecule has 0 bridgehead atoms. The summed E-state index contributed by atoms with van der Waals surface area (Å²) < 4.78 is 27.8. The molecule has 3 heterocycles. The maximum atomic E-state index is 11.7. The molecule has 2 aliphatic heterocycles. The molecule has 2 aromatic rings. The lowest BCUT2D eigenvalue weighted by molar-refractivity contribution is -0.138. The first-order valence-corrected chi connectivity index (χ1v) is 11.2. The number of allylic oxidation sites excluding steroid dienone is 1. The Kier molecular flexibility index (Phi) is 8.03. The van der Waals surface area contributed by atoms with E-state index in [-0.39, 0.29) is 19.1 Å². The molecule has 1 aromatic heterocycles. The highest BCUT2D eigenvalue weighted by molar-refractivity contribution is 5.67. The fourth-order valence-electron chi connectivity index (χ4n) is 4.22. The Morgan fingerprint density at radius 1 is 1.21 bits per heavy atom. The van der Waals surface area contributed by atoms with Crippen LogP contribution in [-0.4, -0.2) is 42.8 Å². The van der Waals surface area contributed by atoms with Crippen LogP contribution >= 0.6 is 0 Å². The molecule has 2 aliphatic rings. The highest BCUT2D eigenvalue weighted by atomic mass is 16.7. The van der Waals surface area contributed by atoms with Gasteiger partial charge in [-0.05, 0) is 35.9 Å². The molecule has 0 radical (unpaired) electrons. The summed E-state index contributed by atoms with van der Waals surface area (Å²) in [7, 11) is 0. The molecule has 2 unspecified atom stereocenters. The number of carbonyl (C=O) groups is 1. The number of aliphatic carboxylic acids is 1. The van der Waals surface area contributed by atoms with Crippen LogP contribution in [-0.2, 0) is 25.4 Å². The number of hydrogen-bond acceptors (Lipinski definition) is 7. The molecule has 0 fully saturated rings. The van der Waals surface area contributed by atoms with Gasteiger partial charge in [-0.15, -0.1) is 0 Å². The average Bonchev–Trinajstić information content (AvgIpc) is 3.43. The average molecular weight is 456 g/mol. The Labute approximate surface area is 192 Å². The molecule has 4 rings (SSSR count). The Hall–Kier alpha value is -3.26. The second-order valence-electron chi connectivity index (χ2n) is 8.15. The summed E-state index contributed by atoms with van der Waals surface area (Å²) in [6.45, 7) is 2.08. The van der Waals surface area contributed by atoms with E-state index in [4.69, 9.17) is 23.5 Å². The minimum Gasteiger partial charge on any atom is -0.481 e. The van der Waals surface area contributed by atoms with Gasteiger partial charge < -0.3 is 28.6 Å². The summed E-state index contributed by atoms with van der Waals surface area (Å²) in [5.74, 6) is -0.287. The van der Waals surface area contributed by atoms with Crippen molar-refractivity contribution >= 4 is 5.97 Å². The SMILES string of the molecule is O=C(O)CC(Cc1ccccc1)C(C1=COCO1)c1cc(OCCC2=CCCOCC2)no1. The van der Waals surface area contributed by atoms with Crippen molar-refractivity contribution in [2.24, 2.45) is 5.92 Å². The van der Waals surface area contributed by atoms with Crippen molar-refractivity contribution in [2.75, 3.05) is 26.6 Å². The number of rotatable bonds is 11. The van der Waals surface area contributed by atoms with Gasteiger partial charge in [-0.25, -0.2) is 0 Å². The van der Waals surface area contributed by atoms with Crippen LogP contribution in [0.15, 0.2) is 64.6 Å². The molecule has 1 aromatic carbocycles. The quantitative estimate of drug-likeness (QED) is 0.496. The molecular formula is C25H29NO7. The molecule has 1 N–H and O–H groups in total. The molecule has 8 heteroatoms. The molecular weight excluding hydrogens is 426 g/mol. The highest BCUT2D eigenvalue weighted by Crippen LogP contribution is 2.39. The molecule has 0 amide bonds. The second kappa shape index (κ2) is 11.6. The van der Waals surface area contributed by atoms with Crippen molar-refractivity contribution in [3.63, 3.8) is 0 Å². The van der Waals surface area contributed by atoms with Crippen molar-refractivity contribution in [1.29, 1.82) is 0 Å². The number of carboxylic acid groups (broad SMARTS) is 1. The van der Waals surface area contributed by atoms with E-state index >= 15 is 0 Å². The van der Waals surface area contributed by atoms with Crippen molar-refractivity contribution in [3.05, 3.63) is 71.4 Å². The Morgan fingerprint density at radius 2 is 2.09 bits per heavy atom. The predicted molar refractivity (Wildman–Crippen MR) is 119 cm³/mol. The monoisotopic (exact) mass is 455 g/mol. The van der Waals surface area contributed by atoms with Crippen molar-refractivity contribution < 1.29 is 33.4 Å². The zero-order valence-corrected chi connectivity index (χ0v) is 18.5. The van der Waals surface area contributed by atoms with Gasteiger partial charge in [0, 0.05) is 18.9 Å². The Morgan fingerprint density at radius 3 is 2.88 bits per heavy atom. The van der Waals surface area contributed by atoms with E-state index in [0.29, 0.717) is 30.4 Å². The van der Waals surface area contributed by atoms with Crippen LogP contribution in [0.2, 0.25) is 0 Å². The van der Waals surface area contributed by atoms with Crippen LogP contribution in [0.4, 0.5) is 0 Å². The van der Waals surface area contributed by atoms with E-state index in [1.54, 1.807) is 6.07 Å². The Balaban J connectivity index is 1.48. The first-order valence-electron chi connectivity index (χ1n) is 11.2. The lowest BCUT2D eigenvalue weighted by Gasteiger charge is -2.23. The minimum absolute atomic E-state index is 0.0621. The Bertz CT molecular complexity index is 966. The van der Waals surface area contributed by atoms with Crippen LogP contribution in [0.25, 0.3) is 0 Å². The largest absolute Gasteiger partial charge is 0.481 e. The maximum absolute atomic E-state index is 11.7. The first kappa shape index (κ1) is 22.9. The standard InChI is InChI=1S/C25H29NO7/c27-24(28)14-20(13-19-5-2-1-3-6-19)25(22-16-30-17-32-22)21-15-23(26-33-21)31-12-9-18-7-4-10-29-11-8-18/h1-3,5-7,15-16,20,25H,4,8-14,17H2,(H,27,28). The third-order valence-electron chi connectivity index (χ3n) is 5.80. The first-order chi connectivity index (χ1) is 16.2. The van der Waals surface area contributed by atoms with Gasteiger partial charge in [-0.1, -0.05) is 42.0 Å². The third-order valence-corrected chi connectivity index (χ3v) is 5.80. The van der Waals surface area contributed by atoms with E-state index in [1.807, 2.05) is 30.3 Å². The number of hydrogen-bond donors (Lipinski definition) is 1. The smallest absolute Gasteiger partial charge is 0.303 e. The highest BCUT2D eigenvalue weighted by Gasteiger charge is 2.35. The predicted octanol–water partition coefficient (Wildman–Crippen LogP) is 4.44. The molecule has 176 valence electrons. The van der Waals surface area contributed by atoms with E-state index in [1.165, 1.54) is 11.8 Å². The number of ether oxygens (including phenoxy) is 4. The van der Waals surface area contributed by atoms with Crippen LogP contribution < -0.4 is 4.74 Å². The van der Waals surface area contributed by atoms with Gasteiger partial charge in [-0.2, -0.15) is 0 Å². The summed E-state index contributed by atoms with van der Waals surface area (Å²) in [6.07, 6.45) is 6.84. The molecule has 2 atom stereocenters. The second-order valence-corrected chi connectivity index (χ2v) is 8.15. The van der Waals surface area contributed by atoms with Crippen LogP contribution in [0.5, 0.6) is 5.88 Å². The lowest BCUT2D eigenvalue weighted by atomic mass is 9.81. The van der Waals surface area contributed by atoms with Gasteiger partial charge in [-0.3, -0.25) is 4.79 Å². The normalized spacial score (nSPS) is 17.7. The van der Waals surface area contributed by atoms with Gasteiger partial charge in [0.2, 0.25) is 6.79 Å². The number of nitrogens with zero attached hydrogens (tertiary/aromatic N) is 1. The summed E-state index contributed by atoms with van der Waals surface area (Å²) >= 11 is 0. The van der Waals surface area contributed by atoms with E-state index in [9.17, 15) is 9.90 Å². The molecule has 0 spiro atoms. The van der Waals surface area contributed by atoms with Crippen LogP contribution in [0.1, 0.15) is 42.9 Å². The summed E-state index contributed by atoms with van der Waals surface area (Å²) in [5, 5.41) is 13.7. The third kappa shape index (κ3) is 6.61. The van der Waals surface area contributed by atoms with E-state index in [0.717, 1.165) is 38.0 Å². The van der Waals surface area contributed by atoms with Crippen molar-refractivity contribution in [3.8, 4) is 5.88 Å². The van der Waals surface area contributed by atoms with E-state index in [2.05, 4.69) is 11.2 Å². The summed E-state index contributed by atoms with van der Waals surface area (Å²) in [5.41, 5.74) is 2.35. The topological polar surface area (TPSA) is 100 Å². The zero-order valence-electron chi connectivity index (χ0n) is 18.5. The maximum Gasteiger partial charge on any atom is 0.303 e.